The van der Waals surface area contributed by atoms with E-state index in [9.17, 15) is 0 Å². The van der Waals surface area contributed by atoms with Crippen molar-refractivity contribution in [1.82, 2.24) is 30.3 Å². The highest BCUT2D eigenvalue weighted by atomic mass is 16.5. The Hall–Kier alpha value is -2.61. The second-order valence-electron chi connectivity index (χ2n) is 7.86. The van der Waals surface area contributed by atoms with Crippen LogP contribution in [0.4, 0.5) is 0 Å². The number of nitrogens with zero attached hydrogens (tertiary/aromatic N) is 5. The number of likely N-dealkylation sites (N-methyl/N-ethyl adjacent to an activating group) is 1. The number of hydrogen-bond acceptors (Lipinski definition) is 5. The van der Waals surface area contributed by atoms with Gasteiger partial charge in [0.1, 0.15) is 17.9 Å². The first kappa shape index (κ1) is 23.1. The number of rotatable bonds is 11. The summed E-state index contributed by atoms with van der Waals surface area (Å²) in [6, 6.07) is 8.79. The number of guanidine groups is 1. The minimum atomic E-state index is 0.551. The Bertz CT molecular complexity index is 803. The van der Waals surface area contributed by atoms with Crippen molar-refractivity contribution >= 4 is 5.96 Å². The van der Waals surface area contributed by atoms with Crippen LogP contribution < -0.4 is 15.4 Å². The van der Waals surface area contributed by atoms with Crippen LogP contribution in [-0.4, -0.2) is 71.5 Å². The third kappa shape index (κ3) is 6.95. The zero-order chi connectivity index (χ0) is 21.9. The molecule has 1 aromatic heterocycles. The van der Waals surface area contributed by atoms with E-state index in [2.05, 4.69) is 56.3 Å². The van der Waals surface area contributed by atoms with Gasteiger partial charge in [-0.25, -0.2) is 0 Å². The van der Waals surface area contributed by atoms with E-state index >= 15 is 0 Å². The number of aromatic nitrogens is 3. The summed E-state index contributed by atoms with van der Waals surface area (Å²) in [6.45, 7) is 9.88. The van der Waals surface area contributed by atoms with Crippen LogP contribution in [0.2, 0.25) is 0 Å². The molecule has 1 aliphatic rings. The molecule has 1 aliphatic heterocycles. The van der Waals surface area contributed by atoms with Crippen molar-refractivity contribution in [3.8, 4) is 5.75 Å². The smallest absolute Gasteiger partial charge is 0.191 e. The van der Waals surface area contributed by atoms with Gasteiger partial charge in [-0.15, -0.1) is 10.2 Å². The van der Waals surface area contributed by atoms with E-state index in [1.54, 1.807) is 13.4 Å². The molecular weight excluding hydrogens is 390 g/mol. The van der Waals surface area contributed by atoms with Crippen LogP contribution in [0, 0.1) is 0 Å². The van der Waals surface area contributed by atoms with Gasteiger partial charge in [0.2, 0.25) is 0 Å². The average molecular weight is 428 g/mol. The maximum atomic E-state index is 5.24. The first-order valence-corrected chi connectivity index (χ1v) is 11.5. The molecule has 31 heavy (non-hydrogen) atoms. The van der Waals surface area contributed by atoms with E-state index in [1.165, 1.54) is 24.9 Å². The Morgan fingerprint density at radius 1 is 1.19 bits per heavy atom. The lowest BCUT2D eigenvalue weighted by atomic mass is 10.1. The standard InChI is InChI=1S/C23H37N7O/c1-4-22-28-27-18-30(22)16-14-25-23(26-17-20-7-6-15-29(20)5-2)24-13-12-19-8-10-21(31-3)11-9-19/h8-11,18,20H,4-7,12-17H2,1-3H3,(H2,24,25,26). The molecule has 8 heteroatoms. The van der Waals surface area contributed by atoms with Crippen molar-refractivity contribution < 1.29 is 4.74 Å². The molecule has 1 unspecified atom stereocenters. The first-order valence-electron chi connectivity index (χ1n) is 11.5. The summed E-state index contributed by atoms with van der Waals surface area (Å²) in [6.07, 6.45) is 6.12. The number of ether oxygens (including phenoxy) is 1. The second kappa shape index (κ2) is 12.3. The van der Waals surface area contributed by atoms with Gasteiger partial charge >= 0.3 is 0 Å². The molecule has 0 amide bonds. The topological polar surface area (TPSA) is 79.6 Å². The highest BCUT2D eigenvalue weighted by Gasteiger charge is 2.22. The Morgan fingerprint density at radius 2 is 2.00 bits per heavy atom. The minimum Gasteiger partial charge on any atom is -0.497 e. The summed E-state index contributed by atoms with van der Waals surface area (Å²) in [7, 11) is 1.69. The molecule has 8 nitrogen and oxygen atoms in total. The Balaban J connectivity index is 1.54. The van der Waals surface area contributed by atoms with Crippen LogP contribution in [0.3, 0.4) is 0 Å². The Labute approximate surface area is 186 Å². The van der Waals surface area contributed by atoms with Crippen LogP contribution in [-0.2, 0) is 19.4 Å². The predicted molar refractivity (Wildman–Crippen MR) is 125 cm³/mol. The van der Waals surface area contributed by atoms with Crippen LogP contribution in [0.25, 0.3) is 0 Å². The van der Waals surface area contributed by atoms with Crippen molar-refractivity contribution in [2.75, 3.05) is 39.8 Å². The quantitative estimate of drug-likeness (QED) is 0.422. The second-order valence-corrected chi connectivity index (χ2v) is 7.86. The van der Waals surface area contributed by atoms with E-state index in [4.69, 9.17) is 9.73 Å². The van der Waals surface area contributed by atoms with Gasteiger partial charge in [0.15, 0.2) is 5.96 Å². The van der Waals surface area contributed by atoms with Gasteiger partial charge in [0.25, 0.3) is 0 Å². The number of hydrogen-bond donors (Lipinski definition) is 2. The number of aliphatic imine (C=N–C) groups is 1. The summed E-state index contributed by atoms with van der Waals surface area (Å²) >= 11 is 0. The van der Waals surface area contributed by atoms with Gasteiger partial charge < -0.3 is 19.9 Å². The molecule has 1 saturated heterocycles. The highest BCUT2D eigenvalue weighted by molar-refractivity contribution is 5.79. The molecule has 170 valence electrons. The summed E-state index contributed by atoms with van der Waals surface area (Å²) < 4.78 is 7.34. The van der Waals surface area contributed by atoms with Gasteiger partial charge in [-0.3, -0.25) is 9.89 Å². The number of likely N-dealkylation sites (tertiary alicyclic amines) is 1. The third-order valence-corrected chi connectivity index (χ3v) is 5.89. The van der Waals surface area contributed by atoms with Crippen LogP contribution in [0.1, 0.15) is 38.1 Å². The molecule has 0 radical (unpaired) electrons. The molecule has 0 aliphatic carbocycles. The molecule has 2 N–H and O–H groups in total. The summed E-state index contributed by atoms with van der Waals surface area (Å²) in [5.74, 6) is 2.78. The fraction of sp³-hybridized carbons (Fsp3) is 0.609. The predicted octanol–water partition coefficient (Wildman–Crippen LogP) is 2.11. The van der Waals surface area contributed by atoms with Gasteiger partial charge in [0, 0.05) is 32.1 Å². The van der Waals surface area contributed by atoms with Crippen LogP contribution >= 0.6 is 0 Å². The molecule has 3 rings (SSSR count). The minimum absolute atomic E-state index is 0.551. The van der Waals surface area contributed by atoms with Gasteiger partial charge in [-0.1, -0.05) is 26.0 Å². The lowest BCUT2D eigenvalue weighted by Crippen LogP contribution is -2.41. The van der Waals surface area contributed by atoms with Crippen molar-refractivity contribution in [2.45, 2.75) is 52.1 Å². The fourth-order valence-corrected chi connectivity index (χ4v) is 4.04. The maximum absolute atomic E-state index is 5.24. The molecular formula is C23H37N7O. The number of methoxy groups -OCH3 is 1. The van der Waals surface area contributed by atoms with Crippen molar-refractivity contribution in [2.24, 2.45) is 4.99 Å². The van der Waals surface area contributed by atoms with Gasteiger partial charge in [-0.2, -0.15) is 0 Å². The summed E-state index contributed by atoms with van der Waals surface area (Å²) in [5.41, 5.74) is 1.28. The average Bonchev–Trinajstić information content (AvgIpc) is 3.46. The van der Waals surface area contributed by atoms with E-state index in [0.717, 1.165) is 63.1 Å². The van der Waals surface area contributed by atoms with E-state index in [0.29, 0.717) is 6.04 Å². The third-order valence-electron chi connectivity index (χ3n) is 5.89. The van der Waals surface area contributed by atoms with Crippen molar-refractivity contribution in [1.29, 1.82) is 0 Å². The largest absolute Gasteiger partial charge is 0.497 e. The van der Waals surface area contributed by atoms with Gasteiger partial charge in [-0.05, 0) is 50.0 Å². The molecule has 0 bridgehead atoms. The number of benzene rings is 1. The maximum Gasteiger partial charge on any atom is 0.191 e. The van der Waals surface area contributed by atoms with Gasteiger partial charge in [0.05, 0.1) is 13.7 Å². The Kier molecular flexibility index (Phi) is 9.15. The summed E-state index contributed by atoms with van der Waals surface area (Å²) in [5, 5.41) is 15.2. The molecule has 2 aromatic rings. The zero-order valence-corrected chi connectivity index (χ0v) is 19.2. The highest BCUT2D eigenvalue weighted by Crippen LogP contribution is 2.16. The molecule has 1 fully saturated rings. The number of nitrogens with one attached hydrogen (secondary N) is 2. The lowest BCUT2D eigenvalue weighted by Gasteiger charge is -2.21. The molecule has 2 heterocycles. The molecule has 0 saturated carbocycles. The van der Waals surface area contributed by atoms with E-state index < -0.39 is 0 Å². The normalized spacial score (nSPS) is 17.1. The fourth-order valence-electron chi connectivity index (χ4n) is 4.04. The molecule has 1 atom stereocenters. The monoisotopic (exact) mass is 427 g/mol. The van der Waals surface area contributed by atoms with Crippen LogP contribution in [0.5, 0.6) is 5.75 Å². The van der Waals surface area contributed by atoms with Crippen molar-refractivity contribution in [3.63, 3.8) is 0 Å². The summed E-state index contributed by atoms with van der Waals surface area (Å²) in [4.78, 5) is 7.45. The number of aryl methyl sites for hydroxylation is 1. The SMILES string of the molecule is CCc1nncn1CCNC(=NCC1CCCN1CC)NCCc1ccc(OC)cc1. The molecule has 1 aromatic carbocycles. The molecule has 0 spiro atoms. The van der Waals surface area contributed by atoms with Crippen molar-refractivity contribution in [3.05, 3.63) is 42.0 Å². The van der Waals surface area contributed by atoms with Crippen LogP contribution in [0.15, 0.2) is 35.6 Å². The van der Waals surface area contributed by atoms with E-state index in [1.807, 2.05) is 12.1 Å². The first-order chi connectivity index (χ1) is 15.2. The van der Waals surface area contributed by atoms with E-state index in [-0.39, 0.29) is 0 Å². The zero-order valence-electron chi connectivity index (χ0n) is 19.2. The Morgan fingerprint density at radius 3 is 2.74 bits per heavy atom. The lowest BCUT2D eigenvalue weighted by molar-refractivity contribution is 0.273.